The molecule has 1 amide bonds. The predicted molar refractivity (Wildman–Crippen MR) is 143 cm³/mol. The lowest BCUT2D eigenvalue weighted by molar-refractivity contribution is 0.0733. The lowest BCUT2D eigenvalue weighted by Gasteiger charge is -2.36. The van der Waals surface area contributed by atoms with E-state index in [4.69, 9.17) is 14.7 Å². The number of benzene rings is 2. The minimum atomic E-state index is 0.0341. The number of fused-ring (bicyclic) bond motifs is 1. The summed E-state index contributed by atoms with van der Waals surface area (Å²) in [4.78, 5) is 29.9. The van der Waals surface area contributed by atoms with Gasteiger partial charge in [-0.3, -0.25) is 4.79 Å². The Kier molecular flexibility index (Phi) is 7.07. The zero-order valence-electron chi connectivity index (χ0n) is 21.5. The number of aromatic nitrogens is 2. The molecule has 1 saturated heterocycles. The molecule has 0 aliphatic carbocycles. The molecule has 36 heavy (non-hydrogen) atoms. The van der Waals surface area contributed by atoms with E-state index in [0.29, 0.717) is 18.7 Å². The van der Waals surface area contributed by atoms with E-state index in [-0.39, 0.29) is 5.91 Å². The fraction of sp³-hybridized carbons (Fsp3) is 0.414. The first-order valence-corrected chi connectivity index (χ1v) is 12.8. The number of ether oxygens (including phenoxy) is 1. The van der Waals surface area contributed by atoms with Gasteiger partial charge in [0.05, 0.1) is 19.3 Å². The fourth-order valence-electron chi connectivity index (χ4n) is 5.05. The number of hydrogen-bond donors (Lipinski definition) is 0. The lowest BCUT2D eigenvalue weighted by atomic mass is 9.98. The molecular weight excluding hydrogens is 450 g/mol. The monoisotopic (exact) mass is 485 g/mol. The first-order chi connectivity index (χ1) is 17.5. The third-order valence-electron chi connectivity index (χ3n) is 7.34. The molecule has 0 unspecified atom stereocenters. The van der Waals surface area contributed by atoms with Crippen molar-refractivity contribution in [2.45, 2.75) is 39.3 Å². The minimum absolute atomic E-state index is 0.0341. The average Bonchev–Trinajstić information content (AvgIpc) is 2.93. The Bertz CT molecular complexity index is 1190. The number of anilines is 2. The minimum Gasteiger partial charge on any atom is -0.497 e. The first-order valence-electron chi connectivity index (χ1n) is 12.8. The second-order valence-corrected chi connectivity index (χ2v) is 9.99. The van der Waals surface area contributed by atoms with Crippen LogP contribution in [-0.2, 0) is 19.5 Å². The maximum absolute atomic E-state index is 13.3. The highest BCUT2D eigenvalue weighted by atomic mass is 16.5. The molecule has 2 aliphatic rings. The lowest BCUT2D eigenvalue weighted by Crippen LogP contribution is -2.40. The van der Waals surface area contributed by atoms with Gasteiger partial charge in [-0.1, -0.05) is 37.3 Å². The van der Waals surface area contributed by atoms with E-state index in [0.717, 1.165) is 73.6 Å². The van der Waals surface area contributed by atoms with Crippen LogP contribution < -0.4 is 14.5 Å². The van der Waals surface area contributed by atoms with Crippen molar-refractivity contribution in [1.29, 1.82) is 0 Å². The summed E-state index contributed by atoms with van der Waals surface area (Å²) in [6.07, 6.45) is 3.04. The van der Waals surface area contributed by atoms with Crippen molar-refractivity contribution in [3.05, 3.63) is 77.0 Å². The van der Waals surface area contributed by atoms with Crippen LogP contribution in [0.3, 0.4) is 0 Å². The van der Waals surface area contributed by atoms with Crippen molar-refractivity contribution >= 4 is 17.7 Å². The Morgan fingerprint density at radius 1 is 1.03 bits per heavy atom. The van der Waals surface area contributed by atoms with Crippen molar-refractivity contribution in [3.63, 3.8) is 0 Å². The van der Waals surface area contributed by atoms with Crippen LogP contribution in [-0.4, -0.2) is 54.6 Å². The quantitative estimate of drug-likeness (QED) is 0.510. The molecule has 188 valence electrons. The molecule has 0 N–H and O–H groups in total. The summed E-state index contributed by atoms with van der Waals surface area (Å²) in [5.41, 5.74) is 4.06. The molecule has 0 spiro atoms. The molecule has 0 atom stereocenters. The van der Waals surface area contributed by atoms with Crippen LogP contribution in [0.1, 0.15) is 46.9 Å². The van der Waals surface area contributed by atoms with E-state index in [9.17, 15) is 4.79 Å². The number of nitrogens with zero attached hydrogens (tertiary/aromatic N) is 5. The molecule has 7 nitrogen and oxygen atoms in total. The van der Waals surface area contributed by atoms with Gasteiger partial charge in [-0.2, -0.15) is 4.98 Å². The topological polar surface area (TPSA) is 61.8 Å². The Labute approximate surface area is 213 Å². The maximum Gasteiger partial charge on any atom is 0.254 e. The Morgan fingerprint density at radius 2 is 1.75 bits per heavy atom. The number of methoxy groups -OCH3 is 1. The molecule has 3 aromatic rings. The summed E-state index contributed by atoms with van der Waals surface area (Å²) in [5.74, 6) is 3.26. The van der Waals surface area contributed by atoms with Crippen molar-refractivity contribution in [3.8, 4) is 5.75 Å². The summed E-state index contributed by atoms with van der Waals surface area (Å²) < 4.78 is 5.25. The van der Waals surface area contributed by atoms with Crippen LogP contribution in [0.2, 0.25) is 0 Å². The Morgan fingerprint density at radius 3 is 2.44 bits per heavy atom. The van der Waals surface area contributed by atoms with Crippen LogP contribution in [0.25, 0.3) is 0 Å². The van der Waals surface area contributed by atoms with E-state index < -0.39 is 0 Å². The number of carbonyl (C=O) groups excluding carboxylic acids is 1. The van der Waals surface area contributed by atoms with Crippen molar-refractivity contribution < 1.29 is 9.53 Å². The Hall–Kier alpha value is -3.61. The van der Waals surface area contributed by atoms with Gasteiger partial charge >= 0.3 is 0 Å². The zero-order valence-corrected chi connectivity index (χ0v) is 21.5. The number of hydrogen-bond acceptors (Lipinski definition) is 6. The van der Waals surface area contributed by atoms with Crippen LogP contribution in [0.4, 0.5) is 11.8 Å². The second-order valence-electron chi connectivity index (χ2n) is 9.99. The molecule has 7 heteroatoms. The van der Waals surface area contributed by atoms with E-state index >= 15 is 0 Å². The first kappa shape index (κ1) is 24.1. The van der Waals surface area contributed by atoms with E-state index in [2.05, 4.69) is 48.0 Å². The molecule has 2 aliphatic heterocycles. The van der Waals surface area contributed by atoms with Crippen molar-refractivity contribution in [2.24, 2.45) is 5.92 Å². The highest BCUT2D eigenvalue weighted by molar-refractivity contribution is 5.94. The highest BCUT2D eigenvalue weighted by Gasteiger charge is 2.30. The number of rotatable bonds is 6. The van der Waals surface area contributed by atoms with E-state index in [1.54, 1.807) is 7.11 Å². The van der Waals surface area contributed by atoms with Crippen LogP contribution in [0.15, 0.2) is 54.6 Å². The number of carbonyl (C=O) groups is 1. The van der Waals surface area contributed by atoms with Gasteiger partial charge in [0.15, 0.2) is 0 Å². The fourth-order valence-corrected chi connectivity index (χ4v) is 5.05. The molecule has 0 saturated carbocycles. The van der Waals surface area contributed by atoms with Gasteiger partial charge in [0.1, 0.15) is 11.6 Å². The summed E-state index contributed by atoms with van der Waals surface area (Å²) in [7, 11) is 3.69. The molecule has 0 radical (unpaired) electrons. The zero-order chi connectivity index (χ0) is 25.1. The maximum atomic E-state index is 13.3. The van der Waals surface area contributed by atoms with Gasteiger partial charge < -0.3 is 19.4 Å². The van der Waals surface area contributed by atoms with Crippen LogP contribution >= 0.6 is 0 Å². The standard InChI is InChI=1S/C29H35N5O2/c1-21-13-16-33(17-14-21)27-25-20-34(28(35)23-9-11-24(36-3)12-10-23)18-15-26(25)30-29(31-27)32(2)19-22-7-5-4-6-8-22/h4-12,21H,13-20H2,1-3H3. The molecule has 3 heterocycles. The molecular formula is C29H35N5O2. The van der Waals surface area contributed by atoms with Gasteiger partial charge in [-0.05, 0) is 48.6 Å². The third kappa shape index (κ3) is 5.15. The summed E-state index contributed by atoms with van der Waals surface area (Å²) in [6.45, 7) is 6.22. The van der Waals surface area contributed by atoms with E-state index in [1.807, 2.05) is 35.2 Å². The smallest absolute Gasteiger partial charge is 0.254 e. The van der Waals surface area contributed by atoms with Crippen molar-refractivity contribution in [1.82, 2.24) is 14.9 Å². The molecule has 0 bridgehead atoms. The average molecular weight is 486 g/mol. The van der Waals surface area contributed by atoms with E-state index in [1.165, 1.54) is 5.56 Å². The summed E-state index contributed by atoms with van der Waals surface area (Å²) in [5, 5.41) is 0. The number of piperidine rings is 1. The molecule has 1 aromatic heterocycles. The number of amides is 1. The summed E-state index contributed by atoms with van der Waals surface area (Å²) >= 11 is 0. The third-order valence-corrected chi connectivity index (χ3v) is 7.34. The Balaban J connectivity index is 1.44. The molecule has 2 aromatic carbocycles. The summed E-state index contributed by atoms with van der Waals surface area (Å²) in [6, 6.07) is 17.8. The SMILES string of the molecule is COc1ccc(C(=O)N2CCc3nc(N(C)Cc4ccccc4)nc(N4CCC(C)CC4)c3C2)cc1. The molecule has 1 fully saturated rings. The van der Waals surface area contributed by atoms with Gasteiger partial charge in [0.25, 0.3) is 5.91 Å². The van der Waals surface area contributed by atoms with Gasteiger partial charge in [-0.15, -0.1) is 0 Å². The molecule has 5 rings (SSSR count). The predicted octanol–water partition coefficient (Wildman–Crippen LogP) is 4.56. The van der Waals surface area contributed by atoms with Gasteiger partial charge in [0, 0.05) is 50.8 Å². The van der Waals surface area contributed by atoms with Gasteiger partial charge in [-0.25, -0.2) is 4.98 Å². The highest BCUT2D eigenvalue weighted by Crippen LogP contribution is 2.32. The van der Waals surface area contributed by atoms with Crippen LogP contribution in [0.5, 0.6) is 5.75 Å². The normalized spacial score (nSPS) is 16.0. The largest absolute Gasteiger partial charge is 0.497 e. The van der Waals surface area contributed by atoms with Crippen LogP contribution in [0, 0.1) is 5.92 Å². The van der Waals surface area contributed by atoms with Crippen molar-refractivity contribution in [2.75, 3.05) is 43.6 Å². The van der Waals surface area contributed by atoms with Gasteiger partial charge in [0.2, 0.25) is 5.95 Å². The second kappa shape index (κ2) is 10.6.